The van der Waals surface area contributed by atoms with Gasteiger partial charge in [-0.15, -0.1) is 0 Å². The van der Waals surface area contributed by atoms with Gasteiger partial charge in [-0.2, -0.15) is 13.2 Å². The Hall–Kier alpha value is -3.03. The molecule has 0 aliphatic carbocycles. The van der Waals surface area contributed by atoms with E-state index in [1.54, 1.807) is 25.1 Å². The second-order valence-corrected chi connectivity index (χ2v) is 7.03. The first-order valence-corrected chi connectivity index (χ1v) is 9.74. The quantitative estimate of drug-likeness (QED) is 0.550. The number of aromatic hydroxyl groups is 1. The van der Waals surface area contributed by atoms with Crippen molar-refractivity contribution in [3.05, 3.63) is 53.6 Å². The number of carbonyl (C=O) groups is 1. The molecule has 2 aromatic carbocycles. The number of esters is 1. The van der Waals surface area contributed by atoms with Crippen LogP contribution in [0.4, 0.5) is 24.5 Å². The molecule has 0 bridgehead atoms. The number of hydrogen-bond donors (Lipinski definition) is 1. The van der Waals surface area contributed by atoms with Crippen LogP contribution >= 0.6 is 0 Å². The lowest BCUT2D eigenvalue weighted by molar-refractivity contribution is -0.148. The fraction of sp³-hybridized carbons (Fsp3) is 0.364. The van der Waals surface area contributed by atoms with E-state index in [1.165, 1.54) is 18.3 Å². The molecule has 1 heterocycles. The van der Waals surface area contributed by atoms with E-state index in [4.69, 9.17) is 4.74 Å². The van der Waals surface area contributed by atoms with Gasteiger partial charge in [0, 0.05) is 24.9 Å². The summed E-state index contributed by atoms with van der Waals surface area (Å²) in [6.45, 7) is 3.09. The lowest BCUT2D eigenvalue weighted by atomic mass is 9.96. The largest absolute Gasteiger partial charge is 0.507 e. The van der Waals surface area contributed by atoms with Gasteiger partial charge in [-0.3, -0.25) is 9.79 Å². The summed E-state index contributed by atoms with van der Waals surface area (Å²) in [6, 6.07) is 9.90. The zero-order valence-corrected chi connectivity index (χ0v) is 16.5. The molecule has 0 amide bonds. The summed E-state index contributed by atoms with van der Waals surface area (Å²) < 4.78 is 44.7. The van der Waals surface area contributed by atoms with Crippen LogP contribution in [-0.2, 0) is 15.7 Å². The minimum atomic E-state index is -4.49. The highest BCUT2D eigenvalue weighted by atomic mass is 19.4. The molecule has 1 aliphatic rings. The first-order valence-electron chi connectivity index (χ1n) is 9.74. The zero-order chi connectivity index (χ0) is 21.7. The molecule has 3 rings (SSSR count). The highest BCUT2D eigenvalue weighted by molar-refractivity contribution is 5.87. The van der Waals surface area contributed by atoms with Crippen molar-refractivity contribution < 1.29 is 27.8 Å². The Morgan fingerprint density at radius 3 is 2.57 bits per heavy atom. The minimum absolute atomic E-state index is 0.00923. The molecule has 5 nitrogen and oxygen atoms in total. The lowest BCUT2D eigenvalue weighted by Gasteiger charge is -2.33. The molecule has 8 heteroatoms. The Kier molecular flexibility index (Phi) is 6.64. The normalized spacial score (nSPS) is 15.5. The SMILES string of the molecule is CCOC(=O)C1CCN(c2ccc(C(F)(F)F)cc2N=Cc2ccccc2O)CC1. The van der Waals surface area contributed by atoms with E-state index in [-0.39, 0.29) is 23.3 Å². The number of carbonyl (C=O) groups excluding carboxylic acids is 1. The summed E-state index contributed by atoms with van der Waals surface area (Å²) in [6.07, 6.45) is -2.03. The van der Waals surface area contributed by atoms with E-state index in [2.05, 4.69) is 4.99 Å². The highest BCUT2D eigenvalue weighted by Crippen LogP contribution is 2.38. The summed E-state index contributed by atoms with van der Waals surface area (Å²) in [5, 5.41) is 9.89. The minimum Gasteiger partial charge on any atom is -0.507 e. The molecule has 0 radical (unpaired) electrons. The highest BCUT2D eigenvalue weighted by Gasteiger charge is 2.32. The molecule has 1 fully saturated rings. The Bertz CT molecular complexity index is 920. The predicted octanol–water partition coefficient (Wildman–Crippen LogP) is 4.94. The van der Waals surface area contributed by atoms with Crippen LogP contribution in [0.5, 0.6) is 5.75 Å². The Morgan fingerprint density at radius 2 is 1.93 bits per heavy atom. The third-order valence-electron chi connectivity index (χ3n) is 5.04. The number of aliphatic imine (C=N–C) groups is 1. The number of phenols is 1. The van der Waals surface area contributed by atoms with E-state index in [9.17, 15) is 23.1 Å². The number of alkyl halides is 3. The average molecular weight is 420 g/mol. The molecule has 1 aliphatic heterocycles. The molecule has 1 saturated heterocycles. The van der Waals surface area contributed by atoms with Gasteiger partial charge >= 0.3 is 12.1 Å². The van der Waals surface area contributed by atoms with Crippen LogP contribution in [0.15, 0.2) is 47.5 Å². The van der Waals surface area contributed by atoms with Crippen molar-refractivity contribution in [2.45, 2.75) is 25.9 Å². The van der Waals surface area contributed by atoms with E-state index >= 15 is 0 Å². The van der Waals surface area contributed by atoms with Gasteiger partial charge in [0.25, 0.3) is 0 Å². The Labute approximate surface area is 172 Å². The van der Waals surface area contributed by atoms with E-state index in [1.807, 2.05) is 4.90 Å². The maximum absolute atomic E-state index is 13.2. The third-order valence-corrected chi connectivity index (χ3v) is 5.04. The number of rotatable bonds is 5. The average Bonchev–Trinajstić information content (AvgIpc) is 2.72. The smallest absolute Gasteiger partial charge is 0.416 e. The number of benzene rings is 2. The van der Waals surface area contributed by atoms with Gasteiger partial charge in [0.15, 0.2) is 0 Å². The number of para-hydroxylation sites is 1. The monoisotopic (exact) mass is 420 g/mol. The fourth-order valence-electron chi connectivity index (χ4n) is 3.42. The van der Waals surface area contributed by atoms with Crippen LogP contribution in [0.2, 0.25) is 0 Å². The third kappa shape index (κ3) is 5.11. The summed E-state index contributed by atoms with van der Waals surface area (Å²) in [5.74, 6) is -0.448. The van der Waals surface area contributed by atoms with Gasteiger partial charge in [-0.1, -0.05) is 12.1 Å². The second kappa shape index (κ2) is 9.19. The molecule has 0 unspecified atom stereocenters. The maximum atomic E-state index is 13.2. The summed E-state index contributed by atoms with van der Waals surface area (Å²) in [7, 11) is 0. The molecule has 30 heavy (non-hydrogen) atoms. The number of anilines is 1. The topological polar surface area (TPSA) is 62.1 Å². The summed E-state index contributed by atoms with van der Waals surface area (Å²) in [5.41, 5.74) is 0.318. The Morgan fingerprint density at radius 1 is 1.23 bits per heavy atom. The molecule has 1 N–H and O–H groups in total. The van der Waals surface area contributed by atoms with Gasteiger partial charge in [0.2, 0.25) is 0 Å². The van der Waals surface area contributed by atoms with Gasteiger partial charge in [-0.25, -0.2) is 0 Å². The fourth-order valence-corrected chi connectivity index (χ4v) is 3.42. The second-order valence-electron chi connectivity index (χ2n) is 7.03. The molecule has 2 aromatic rings. The number of nitrogens with zero attached hydrogens (tertiary/aromatic N) is 2. The number of piperidine rings is 1. The standard InChI is InChI=1S/C22H23F3N2O3/c1-2-30-21(29)15-9-11-27(12-10-15)19-8-7-17(22(23,24)25)13-18(19)26-14-16-5-3-4-6-20(16)28/h3-8,13-15,28H,2,9-12H2,1H3. The van der Waals surface area contributed by atoms with Gasteiger partial charge in [0.1, 0.15) is 5.75 Å². The first-order chi connectivity index (χ1) is 14.3. The molecule has 0 atom stereocenters. The molecular formula is C22H23F3N2O3. The van der Waals surface area contributed by atoms with Crippen molar-refractivity contribution in [3.8, 4) is 5.75 Å². The molecule has 0 aromatic heterocycles. The van der Waals surface area contributed by atoms with Crippen molar-refractivity contribution in [2.24, 2.45) is 10.9 Å². The van der Waals surface area contributed by atoms with Crippen molar-refractivity contribution >= 4 is 23.6 Å². The van der Waals surface area contributed by atoms with Crippen molar-refractivity contribution in [1.29, 1.82) is 0 Å². The van der Waals surface area contributed by atoms with Crippen LogP contribution < -0.4 is 4.90 Å². The van der Waals surface area contributed by atoms with Gasteiger partial charge in [0.05, 0.1) is 29.5 Å². The van der Waals surface area contributed by atoms with Crippen LogP contribution in [0.1, 0.15) is 30.9 Å². The first kappa shape index (κ1) is 21.7. The summed E-state index contributed by atoms with van der Waals surface area (Å²) in [4.78, 5) is 18.1. The van der Waals surface area contributed by atoms with Crippen LogP contribution in [0, 0.1) is 5.92 Å². The predicted molar refractivity (Wildman–Crippen MR) is 108 cm³/mol. The lowest BCUT2D eigenvalue weighted by Crippen LogP contribution is -2.37. The van der Waals surface area contributed by atoms with Gasteiger partial charge in [-0.05, 0) is 50.1 Å². The number of halogens is 3. The van der Waals surface area contributed by atoms with Crippen LogP contribution in [0.3, 0.4) is 0 Å². The van der Waals surface area contributed by atoms with E-state index in [0.29, 0.717) is 43.8 Å². The molecule has 0 saturated carbocycles. The summed E-state index contributed by atoms with van der Waals surface area (Å²) >= 11 is 0. The molecule has 0 spiro atoms. The zero-order valence-electron chi connectivity index (χ0n) is 16.5. The molecule has 160 valence electrons. The van der Waals surface area contributed by atoms with Gasteiger partial charge < -0.3 is 14.7 Å². The number of ether oxygens (including phenoxy) is 1. The van der Waals surface area contributed by atoms with Crippen LogP contribution in [0.25, 0.3) is 0 Å². The number of phenolic OH excluding ortho intramolecular Hbond substituents is 1. The van der Waals surface area contributed by atoms with Crippen LogP contribution in [-0.4, -0.2) is 37.0 Å². The van der Waals surface area contributed by atoms with E-state index in [0.717, 1.165) is 12.1 Å². The maximum Gasteiger partial charge on any atom is 0.416 e. The van der Waals surface area contributed by atoms with Crippen molar-refractivity contribution in [1.82, 2.24) is 0 Å². The van der Waals surface area contributed by atoms with Crippen molar-refractivity contribution in [3.63, 3.8) is 0 Å². The number of hydrogen-bond acceptors (Lipinski definition) is 5. The Balaban J connectivity index is 1.87. The van der Waals surface area contributed by atoms with E-state index < -0.39 is 11.7 Å². The molecular weight excluding hydrogens is 397 g/mol. The van der Waals surface area contributed by atoms with Crippen molar-refractivity contribution in [2.75, 3.05) is 24.6 Å².